The summed E-state index contributed by atoms with van der Waals surface area (Å²) < 4.78 is 0. The van der Waals surface area contributed by atoms with E-state index in [1.807, 2.05) is 6.21 Å². The lowest BCUT2D eigenvalue weighted by Gasteiger charge is -2.00. The number of hydrogen-bond donors (Lipinski definition) is 0. The minimum Gasteiger partial charge on any atom is -0.293 e. The molecule has 0 fully saturated rings. The zero-order valence-corrected chi connectivity index (χ0v) is 14.2. The molecule has 0 rings (SSSR count). The Kier molecular flexibility index (Phi) is 12.2. The van der Waals surface area contributed by atoms with Crippen molar-refractivity contribution in [2.75, 3.05) is 6.54 Å². The number of aliphatic imine (C=N–C) groups is 1. The number of allylic oxidation sites excluding steroid dienone is 6. The van der Waals surface area contributed by atoms with Crippen molar-refractivity contribution < 1.29 is 0 Å². The van der Waals surface area contributed by atoms with Gasteiger partial charge in [0.2, 0.25) is 0 Å². The number of hydrogen-bond acceptors (Lipinski definition) is 1. The highest BCUT2D eigenvalue weighted by molar-refractivity contribution is 5.71. The summed E-state index contributed by atoms with van der Waals surface area (Å²) in [6.45, 7) is 11.9. The van der Waals surface area contributed by atoms with E-state index in [2.05, 4.69) is 57.8 Å². The maximum atomic E-state index is 4.38. The van der Waals surface area contributed by atoms with Crippen LogP contribution in [0.2, 0.25) is 0 Å². The Morgan fingerprint density at radius 1 is 0.900 bits per heavy atom. The van der Waals surface area contributed by atoms with Gasteiger partial charge in [-0.3, -0.25) is 4.99 Å². The maximum Gasteiger partial charge on any atom is 0.0389 e. The lowest BCUT2D eigenvalue weighted by Crippen LogP contribution is -1.82. The van der Waals surface area contributed by atoms with E-state index in [4.69, 9.17) is 0 Å². The van der Waals surface area contributed by atoms with E-state index < -0.39 is 0 Å². The van der Waals surface area contributed by atoms with Crippen molar-refractivity contribution in [1.29, 1.82) is 0 Å². The fourth-order valence-corrected chi connectivity index (χ4v) is 1.82. The Morgan fingerprint density at radius 3 is 2.20 bits per heavy atom. The van der Waals surface area contributed by atoms with Crippen LogP contribution in [0.15, 0.2) is 39.9 Å². The molecule has 0 bridgehead atoms. The summed E-state index contributed by atoms with van der Waals surface area (Å²) in [5, 5.41) is 0. The lowest BCUT2D eigenvalue weighted by molar-refractivity contribution is 0.810. The van der Waals surface area contributed by atoms with Crippen molar-refractivity contribution in [2.45, 2.75) is 73.1 Å². The molecule has 0 N–H and O–H groups in total. The second-order valence-corrected chi connectivity index (χ2v) is 5.83. The fraction of sp³-hybridized carbons (Fsp3) is 0.632. The van der Waals surface area contributed by atoms with E-state index in [1.54, 1.807) is 0 Å². The molecule has 0 radical (unpaired) electrons. The molecular weight excluding hydrogens is 242 g/mol. The molecule has 0 aliphatic rings. The topological polar surface area (TPSA) is 12.4 Å². The van der Waals surface area contributed by atoms with Crippen LogP contribution in [0.1, 0.15) is 73.1 Å². The molecule has 1 heteroatoms. The molecule has 0 heterocycles. The van der Waals surface area contributed by atoms with Gasteiger partial charge in [0, 0.05) is 12.8 Å². The molecule has 114 valence electrons. The summed E-state index contributed by atoms with van der Waals surface area (Å²) >= 11 is 0. The minimum absolute atomic E-state index is 0.962. The molecular formula is C19H33N. The molecule has 0 atom stereocenters. The van der Waals surface area contributed by atoms with E-state index in [0.717, 1.165) is 19.4 Å². The summed E-state index contributed by atoms with van der Waals surface area (Å²) in [5.74, 6) is 0. The molecule has 0 saturated carbocycles. The molecule has 0 unspecified atom stereocenters. The van der Waals surface area contributed by atoms with Crippen LogP contribution in [-0.2, 0) is 0 Å². The normalized spacial score (nSPS) is 13.1. The van der Waals surface area contributed by atoms with Crippen molar-refractivity contribution in [2.24, 2.45) is 4.99 Å². The zero-order valence-electron chi connectivity index (χ0n) is 14.2. The molecule has 20 heavy (non-hydrogen) atoms. The minimum atomic E-state index is 0.962. The van der Waals surface area contributed by atoms with Crippen LogP contribution in [0.4, 0.5) is 0 Å². The van der Waals surface area contributed by atoms with Crippen LogP contribution < -0.4 is 0 Å². The number of unbranched alkanes of at least 4 members (excludes halogenated alkanes) is 1. The highest BCUT2D eigenvalue weighted by Gasteiger charge is 1.91. The summed E-state index contributed by atoms with van der Waals surface area (Å²) in [6, 6.07) is 0. The third kappa shape index (κ3) is 13.3. The Labute approximate surface area is 126 Å². The van der Waals surface area contributed by atoms with Gasteiger partial charge in [0.25, 0.3) is 0 Å². The summed E-state index contributed by atoms with van der Waals surface area (Å²) in [5.41, 5.74) is 4.34. The van der Waals surface area contributed by atoms with Gasteiger partial charge in [-0.15, -0.1) is 0 Å². The van der Waals surface area contributed by atoms with E-state index in [0.29, 0.717) is 0 Å². The van der Waals surface area contributed by atoms with E-state index in [1.165, 1.54) is 42.4 Å². The van der Waals surface area contributed by atoms with Gasteiger partial charge in [-0.05, 0) is 65.9 Å². The standard InChI is InChI=1S/C19H33N/c1-6-7-15-20-16-14-19(5)13-9-12-18(4)11-8-10-17(2)3/h10,12,14,16H,6-9,11,13,15H2,1-5H3. The van der Waals surface area contributed by atoms with Crippen LogP contribution in [0.5, 0.6) is 0 Å². The van der Waals surface area contributed by atoms with Crippen LogP contribution in [-0.4, -0.2) is 12.8 Å². The SMILES string of the molecule is CCCCN=CC=C(C)CCC=C(C)CCC=C(C)C. The Morgan fingerprint density at radius 2 is 1.55 bits per heavy atom. The van der Waals surface area contributed by atoms with Crippen LogP contribution in [0.3, 0.4) is 0 Å². The molecule has 0 aliphatic carbocycles. The predicted octanol–water partition coefficient (Wildman–Crippen LogP) is 6.28. The third-order valence-corrected chi connectivity index (χ3v) is 3.23. The second-order valence-electron chi connectivity index (χ2n) is 5.83. The number of rotatable bonds is 10. The second kappa shape index (κ2) is 12.9. The first kappa shape index (κ1) is 18.9. The molecule has 0 aromatic rings. The van der Waals surface area contributed by atoms with Gasteiger partial charge in [-0.25, -0.2) is 0 Å². The molecule has 0 amide bonds. The van der Waals surface area contributed by atoms with E-state index in [-0.39, 0.29) is 0 Å². The highest BCUT2D eigenvalue weighted by atomic mass is 14.7. The molecule has 0 aromatic heterocycles. The Hall–Kier alpha value is -1.11. The van der Waals surface area contributed by atoms with Crippen LogP contribution in [0, 0.1) is 0 Å². The molecule has 0 aliphatic heterocycles. The average molecular weight is 275 g/mol. The van der Waals surface area contributed by atoms with Crippen molar-refractivity contribution >= 4 is 6.21 Å². The largest absolute Gasteiger partial charge is 0.293 e. The fourth-order valence-electron chi connectivity index (χ4n) is 1.82. The van der Waals surface area contributed by atoms with Gasteiger partial charge in [0.1, 0.15) is 0 Å². The first-order chi connectivity index (χ1) is 9.56. The summed E-state index contributed by atoms with van der Waals surface area (Å²) in [4.78, 5) is 4.38. The van der Waals surface area contributed by atoms with Crippen molar-refractivity contribution in [3.8, 4) is 0 Å². The van der Waals surface area contributed by atoms with Gasteiger partial charge < -0.3 is 0 Å². The molecule has 0 aromatic carbocycles. The molecule has 0 saturated heterocycles. The third-order valence-electron chi connectivity index (χ3n) is 3.23. The Balaban J connectivity index is 3.88. The quantitative estimate of drug-likeness (QED) is 0.253. The van der Waals surface area contributed by atoms with Crippen molar-refractivity contribution in [1.82, 2.24) is 0 Å². The van der Waals surface area contributed by atoms with Gasteiger partial charge >= 0.3 is 0 Å². The summed E-state index contributed by atoms with van der Waals surface area (Å²) in [7, 11) is 0. The monoisotopic (exact) mass is 275 g/mol. The lowest BCUT2D eigenvalue weighted by atomic mass is 10.1. The molecule has 0 spiro atoms. The summed E-state index contributed by atoms with van der Waals surface area (Å²) in [6.07, 6.45) is 15.9. The van der Waals surface area contributed by atoms with Crippen molar-refractivity contribution in [3.05, 3.63) is 34.9 Å². The predicted molar refractivity (Wildman–Crippen MR) is 93.7 cm³/mol. The number of nitrogens with zero attached hydrogens (tertiary/aromatic N) is 1. The molecule has 1 nitrogen and oxygen atoms in total. The van der Waals surface area contributed by atoms with E-state index >= 15 is 0 Å². The van der Waals surface area contributed by atoms with Crippen LogP contribution in [0.25, 0.3) is 0 Å². The van der Waals surface area contributed by atoms with Crippen molar-refractivity contribution in [3.63, 3.8) is 0 Å². The van der Waals surface area contributed by atoms with Crippen LogP contribution >= 0.6 is 0 Å². The van der Waals surface area contributed by atoms with Gasteiger partial charge in [-0.2, -0.15) is 0 Å². The zero-order chi connectivity index (χ0) is 15.2. The van der Waals surface area contributed by atoms with E-state index in [9.17, 15) is 0 Å². The first-order valence-corrected chi connectivity index (χ1v) is 8.00. The highest BCUT2D eigenvalue weighted by Crippen LogP contribution is 2.10. The first-order valence-electron chi connectivity index (χ1n) is 8.00. The smallest absolute Gasteiger partial charge is 0.0389 e. The maximum absolute atomic E-state index is 4.38. The average Bonchev–Trinajstić information content (AvgIpc) is 2.38. The Bertz CT molecular complexity index is 352. The van der Waals surface area contributed by atoms with Gasteiger partial charge in [-0.1, -0.05) is 42.2 Å². The van der Waals surface area contributed by atoms with Gasteiger partial charge in [0.15, 0.2) is 0 Å². The van der Waals surface area contributed by atoms with Gasteiger partial charge in [0.05, 0.1) is 0 Å².